The molecule has 4 heteroatoms. The summed E-state index contributed by atoms with van der Waals surface area (Å²) >= 11 is 0. The average Bonchev–Trinajstić information content (AvgIpc) is 1.98. The number of benzene rings is 1. The lowest BCUT2D eigenvalue weighted by atomic mass is 10.2. The predicted molar refractivity (Wildman–Crippen MR) is 41.6 cm³/mol. The molecule has 0 aliphatic carbocycles. The van der Waals surface area contributed by atoms with Crippen LogP contribution in [0.5, 0.6) is 5.75 Å². The van der Waals surface area contributed by atoms with E-state index in [9.17, 15) is 0 Å². The van der Waals surface area contributed by atoms with Crippen molar-refractivity contribution >= 4 is 5.69 Å². The first-order chi connectivity index (χ1) is 5.24. The molecule has 4 nitrogen and oxygen atoms in total. The average molecular weight is 149 g/mol. The van der Waals surface area contributed by atoms with Crippen LogP contribution in [0.15, 0.2) is 23.3 Å². The van der Waals surface area contributed by atoms with E-state index in [0.29, 0.717) is 5.69 Å². The highest BCUT2D eigenvalue weighted by atomic mass is 16.3. The van der Waals surface area contributed by atoms with E-state index in [2.05, 4.69) is 10.0 Å². The van der Waals surface area contributed by atoms with Crippen LogP contribution in [0.1, 0.15) is 5.56 Å². The third-order valence-corrected chi connectivity index (χ3v) is 1.35. The van der Waals surface area contributed by atoms with Gasteiger partial charge in [-0.2, -0.15) is 0 Å². The van der Waals surface area contributed by atoms with Crippen LogP contribution < -0.4 is 0 Å². The second-order valence-electron chi connectivity index (χ2n) is 2.16. The first kappa shape index (κ1) is 7.44. The summed E-state index contributed by atoms with van der Waals surface area (Å²) in [5.41, 5.74) is 9.25. The number of phenolic OH excluding ortho intramolecular Hbond substituents is 1. The van der Waals surface area contributed by atoms with Gasteiger partial charge in [0.05, 0.1) is 0 Å². The van der Waals surface area contributed by atoms with Gasteiger partial charge in [-0.15, -0.1) is 0 Å². The van der Waals surface area contributed by atoms with Crippen LogP contribution in [0, 0.1) is 6.92 Å². The summed E-state index contributed by atoms with van der Waals surface area (Å²) in [5.74, 6) is 0.148. The van der Waals surface area contributed by atoms with Gasteiger partial charge in [-0.1, -0.05) is 17.2 Å². The zero-order valence-corrected chi connectivity index (χ0v) is 6.02. The summed E-state index contributed by atoms with van der Waals surface area (Å²) in [6.07, 6.45) is 0. The van der Waals surface area contributed by atoms with Gasteiger partial charge in [-0.25, -0.2) is 0 Å². The molecule has 0 spiro atoms. The van der Waals surface area contributed by atoms with Gasteiger partial charge in [0, 0.05) is 10.6 Å². The minimum atomic E-state index is 0.148. The van der Waals surface area contributed by atoms with Crippen molar-refractivity contribution < 1.29 is 5.11 Å². The van der Waals surface area contributed by atoms with Crippen LogP contribution in [0.25, 0.3) is 10.4 Å². The Morgan fingerprint density at radius 1 is 1.55 bits per heavy atom. The lowest BCUT2D eigenvalue weighted by Crippen LogP contribution is -1.71. The van der Waals surface area contributed by atoms with Gasteiger partial charge in [-0.05, 0) is 24.1 Å². The molecule has 0 fully saturated rings. The fourth-order valence-electron chi connectivity index (χ4n) is 0.712. The molecule has 0 amide bonds. The number of rotatable bonds is 1. The fourth-order valence-corrected chi connectivity index (χ4v) is 0.712. The molecule has 0 bridgehead atoms. The number of azide groups is 1. The molecule has 11 heavy (non-hydrogen) atoms. The normalized spacial score (nSPS) is 8.82. The van der Waals surface area contributed by atoms with Crippen molar-refractivity contribution in [2.75, 3.05) is 0 Å². The van der Waals surface area contributed by atoms with Crippen LogP contribution >= 0.6 is 0 Å². The van der Waals surface area contributed by atoms with Crippen LogP contribution in [-0.4, -0.2) is 5.11 Å². The van der Waals surface area contributed by atoms with E-state index in [1.165, 1.54) is 6.07 Å². The SMILES string of the molecule is Cc1ccc(N=[N+]=[N-])cc1O. The molecular weight excluding hydrogens is 142 g/mol. The predicted octanol–water partition coefficient (Wildman–Crippen LogP) is 2.64. The molecule has 1 rings (SSSR count). The number of hydrogen-bond donors (Lipinski definition) is 1. The molecule has 1 N–H and O–H groups in total. The van der Waals surface area contributed by atoms with Gasteiger partial charge >= 0.3 is 0 Å². The Morgan fingerprint density at radius 2 is 2.27 bits per heavy atom. The number of hydrogen-bond acceptors (Lipinski definition) is 2. The monoisotopic (exact) mass is 149 g/mol. The van der Waals surface area contributed by atoms with Gasteiger partial charge in [0.2, 0.25) is 0 Å². The fraction of sp³-hybridized carbons (Fsp3) is 0.143. The summed E-state index contributed by atoms with van der Waals surface area (Å²) < 4.78 is 0. The number of phenols is 1. The smallest absolute Gasteiger partial charge is 0.118 e. The lowest BCUT2D eigenvalue weighted by molar-refractivity contribution is 0.471. The zero-order valence-electron chi connectivity index (χ0n) is 6.02. The van der Waals surface area contributed by atoms with Gasteiger partial charge in [0.15, 0.2) is 0 Å². The molecule has 0 aromatic heterocycles. The van der Waals surface area contributed by atoms with Crippen molar-refractivity contribution in [3.63, 3.8) is 0 Å². The van der Waals surface area contributed by atoms with E-state index in [1.807, 2.05) is 0 Å². The summed E-state index contributed by atoms with van der Waals surface area (Å²) in [7, 11) is 0. The van der Waals surface area contributed by atoms with E-state index >= 15 is 0 Å². The maximum atomic E-state index is 9.14. The molecule has 0 aliphatic rings. The van der Waals surface area contributed by atoms with Crippen LogP contribution in [0.2, 0.25) is 0 Å². The minimum Gasteiger partial charge on any atom is -0.508 e. The van der Waals surface area contributed by atoms with Crippen LogP contribution in [0.4, 0.5) is 5.69 Å². The Balaban J connectivity index is 3.14. The Bertz CT molecular complexity index is 315. The third-order valence-electron chi connectivity index (χ3n) is 1.35. The highest BCUT2D eigenvalue weighted by Crippen LogP contribution is 2.22. The quantitative estimate of drug-likeness (QED) is 0.372. The molecule has 0 aliphatic heterocycles. The Morgan fingerprint density at radius 3 is 2.82 bits per heavy atom. The van der Waals surface area contributed by atoms with Gasteiger partial charge in [-0.3, -0.25) is 0 Å². The van der Waals surface area contributed by atoms with E-state index < -0.39 is 0 Å². The topological polar surface area (TPSA) is 69.0 Å². The lowest BCUT2D eigenvalue weighted by Gasteiger charge is -1.97. The van der Waals surface area contributed by atoms with Gasteiger partial charge < -0.3 is 5.11 Å². The van der Waals surface area contributed by atoms with E-state index in [4.69, 9.17) is 10.6 Å². The third kappa shape index (κ3) is 1.63. The number of nitrogens with zero attached hydrogens (tertiary/aromatic N) is 3. The van der Waals surface area contributed by atoms with Gasteiger partial charge in [0.25, 0.3) is 0 Å². The van der Waals surface area contributed by atoms with Gasteiger partial charge in [0.1, 0.15) is 5.75 Å². The molecule has 0 saturated heterocycles. The summed E-state index contributed by atoms with van der Waals surface area (Å²) in [6, 6.07) is 4.77. The van der Waals surface area contributed by atoms with Crippen molar-refractivity contribution in [2.45, 2.75) is 6.92 Å². The molecule has 0 atom stereocenters. The first-order valence-electron chi connectivity index (χ1n) is 3.09. The number of aromatic hydroxyl groups is 1. The van der Waals surface area contributed by atoms with E-state index in [-0.39, 0.29) is 5.75 Å². The second kappa shape index (κ2) is 2.94. The molecule has 1 aromatic carbocycles. The maximum absolute atomic E-state index is 9.14. The largest absolute Gasteiger partial charge is 0.508 e. The van der Waals surface area contributed by atoms with E-state index in [1.54, 1.807) is 19.1 Å². The van der Waals surface area contributed by atoms with Crippen molar-refractivity contribution in [3.05, 3.63) is 34.2 Å². The molecule has 0 heterocycles. The molecule has 0 saturated carbocycles. The first-order valence-corrected chi connectivity index (χ1v) is 3.09. The van der Waals surface area contributed by atoms with Crippen molar-refractivity contribution in [1.82, 2.24) is 0 Å². The van der Waals surface area contributed by atoms with Crippen LogP contribution in [0.3, 0.4) is 0 Å². The summed E-state index contributed by atoms with van der Waals surface area (Å²) in [4.78, 5) is 2.59. The second-order valence-corrected chi connectivity index (χ2v) is 2.16. The molecule has 0 radical (unpaired) electrons. The summed E-state index contributed by atoms with van der Waals surface area (Å²) in [6.45, 7) is 1.77. The van der Waals surface area contributed by atoms with Crippen molar-refractivity contribution in [1.29, 1.82) is 0 Å². The van der Waals surface area contributed by atoms with E-state index in [0.717, 1.165) is 5.56 Å². The molecule has 0 unspecified atom stereocenters. The zero-order chi connectivity index (χ0) is 8.27. The minimum absolute atomic E-state index is 0.148. The Kier molecular flexibility index (Phi) is 1.99. The van der Waals surface area contributed by atoms with Crippen LogP contribution in [-0.2, 0) is 0 Å². The summed E-state index contributed by atoms with van der Waals surface area (Å²) in [5, 5.41) is 12.5. The highest BCUT2D eigenvalue weighted by molar-refractivity contribution is 5.46. The maximum Gasteiger partial charge on any atom is 0.118 e. The molecular formula is C7H7N3O. The van der Waals surface area contributed by atoms with Crippen molar-refractivity contribution in [3.8, 4) is 5.75 Å². The Labute approximate surface area is 63.7 Å². The molecule has 56 valence electrons. The standard InChI is InChI=1S/C7H7N3O/c1-5-2-3-6(9-10-8)4-7(5)11/h2-4,11H,1H3. The Hall–Kier alpha value is -1.67. The highest BCUT2D eigenvalue weighted by Gasteiger charge is 1.94. The van der Waals surface area contributed by atoms with Crippen molar-refractivity contribution in [2.24, 2.45) is 5.11 Å². The number of aryl methyl sites for hydroxylation is 1. The molecule has 1 aromatic rings.